The molecule has 1 unspecified atom stereocenters. The summed E-state index contributed by atoms with van der Waals surface area (Å²) >= 11 is 5.56. The third-order valence-electron chi connectivity index (χ3n) is 3.67. The average molecular weight is 288 g/mol. The van der Waals surface area contributed by atoms with Gasteiger partial charge >= 0.3 is 0 Å². The fourth-order valence-corrected chi connectivity index (χ4v) is 2.99. The Kier molecular flexibility index (Phi) is 8.34. The molecule has 0 amide bonds. The molecule has 112 valence electrons. The summed E-state index contributed by atoms with van der Waals surface area (Å²) in [7, 11) is 3.44. The smallest absolute Gasteiger partial charge is 0.169 e. The van der Waals surface area contributed by atoms with Crippen molar-refractivity contribution >= 4 is 17.3 Å². The molecular formula is C14H28N2O2S. The van der Waals surface area contributed by atoms with Gasteiger partial charge in [-0.05, 0) is 32.0 Å². The molecule has 19 heavy (non-hydrogen) atoms. The van der Waals surface area contributed by atoms with E-state index >= 15 is 0 Å². The summed E-state index contributed by atoms with van der Waals surface area (Å²) < 4.78 is 10.4. The van der Waals surface area contributed by atoms with E-state index in [4.69, 9.17) is 21.7 Å². The molecule has 0 aromatic carbocycles. The van der Waals surface area contributed by atoms with Crippen molar-refractivity contribution in [3.8, 4) is 0 Å². The molecule has 1 aliphatic carbocycles. The third kappa shape index (κ3) is 6.06. The molecule has 0 heterocycles. The minimum Gasteiger partial charge on any atom is -0.383 e. The summed E-state index contributed by atoms with van der Waals surface area (Å²) in [6.45, 7) is 4.30. The zero-order chi connectivity index (χ0) is 14.1. The standard InChI is InChI=1S/C14H28N2O2S/c1-12(11-18-3)16(9-10-17-2)14(19)15-13-7-5-4-6-8-13/h12-13H,4-11H2,1-3H3,(H,15,19). The van der Waals surface area contributed by atoms with E-state index in [2.05, 4.69) is 17.1 Å². The number of ether oxygens (including phenoxy) is 2. The molecule has 5 heteroatoms. The van der Waals surface area contributed by atoms with Crippen LogP contribution in [0.25, 0.3) is 0 Å². The van der Waals surface area contributed by atoms with Gasteiger partial charge < -0.3 is 19.7 Å². The van der Waals surface area contributed by atoms with Crippen molar-refractivity contribution in [2.45, 2.75) is 51.1 Å². The Hall–Kier alpha value is -0.390. The third-order valence-corrected chi connectivity index (χ3v) is 4.02. The largest absolute Gasteiger partial charge is 0.383 e. The van der Waals surface area contributed by atoms with Crippen LogP contribution in [-0.4, -0.2) is 56.1 Å². The molecule has 4 nitrogen and oxygen atoms in total. The maximum atomic E-state index is 5.56. The highest BCUT2D eigenvalue weighted by molar-refractivity contribution is 7.80. The van der Waals surface area contributed by atoms with Gasteiger partial charge in [-0.2, -0.15) is 0 Å². The van der Waals surface area contributed by atoms with Gasteiger partial charge in [0.1, 0.15) is 0 Å². The molecule has 0 aliphatic heterocycles. The highest BCUT2D eigenvalue weighted by Crippen LogP contribution is 2.17. The van der Waals surface area contributed by atoms with Crippen LogP contribution in [0.3, 0.4) is 0 Å². The van der Waals surface area contributed by atoms with E-state index in [-0.39, 0.29) is 6.04 Å². The van der Waals surface area contributed by atoms with Crippen molar-refractivity contribution < 1.29 is 9.47 Å². The Bertz CT molecular complexity index is 258. The first kappa shape index (κ1) is 16.7. The van der Waals surface area contributed by atoms with Crippen LogP contribution in [0.1, 0.15) is 39.0 Å². The first-order valence-corrected chi connectivity index (χ1v) is 7.65. The highest BCUT2D eigenvalue weighted by Gasteiger charge is 2.20. The summed E-state index contributed by atoms with van der Waals surface area (Å²) in [6.07, 6.45) is 6.45. The molecule has 1 rings (SSSR count). The number of rotatable bonds is 7. The Morgan fingerprint density at radius 1 is 1.26 bits per heavy atom. The van der Waals surface area contributed by atoms with Gasteiger partial charge in [-0.25, -0.2) is 0 Å². The minimum atomic E-state index is 0.267. The van der Waals surface area contributed by atoms with E-state index in [0.29, 0.717) is 19.3 Å². The summed E-state index contributed by atoms with van der Waals surface area (Å²) in [5.41, 5.74) is 0. The topological polar surface area (TPSA) is 33.7 Å². The van der Waals surface area contributed by atoms with Crippen LogP contribution in [-0.2, 0) is 9.47 Å². The van der Waals surface area contributed by atoms with Gasteiger partial charge in [0.25, 0.3) is 0 Å². The summed E-state index contributed by atoms with van der Waals surface area (Å²) in [5.74, 6) is 0. The predicted octanol–water partition coefficient (Wildman–Crippen LogP) is 2.18. The van der Waals surface area contributed by atoms with E-state index in [1.165, 1.54) is 32.1 Å². The molecule has 1 fully saturated rings. The number of methoxy groups -OCH3 is 2. The molecule has 1 saturated carbocycles. The lowest BCUT2D eigenvalue weighted by molar-refractivity contribution is 0.112. The second kappa shape index (κ2) is 9.50. The van der Waals surface area contributed by atoms with Gasteiger partial charge in [0.2, 0.25) is 0 Å². The lowest BCUT2D eigenvalue weighted by Crippen LogP contribution is -2.51. The molecule has 0 bridgehead atoms. The SMILES string of the molecule is COCCN(C(=S)NC1CCCCC1)C(C)COC. The van der Waals surface area contributed by atoms with Gasteiger partial charge in [-0.3, -0.25) is 0 Å². The lowest BCUT2D eigenvalue weighted by Gasteiger charge is -2.34. The molecule has 1 N–H and O–H groups in total. The first-order chi connectivity index (χ1) is 9.19. The molecule has 0 radical (unpaired) electrons. The van der Waals surface area contributed by atoms with Crippen molar-refractivity contribution in [1.82, 2.24) is 10.2 Å². The Balaban J connectivity index is 2.48. The van der Waals surface area contributed by atoms with E-state index < -0.39 is 0 Å². The summed E-state index contributed by atoms with van der Waals surface area (Å²) in [6, 6.07) is 0.810. The molecule has 1 aliphatic rings. The van der Waals surface area contributed by atoms with Crippen LogP contribution in [0.2, 0.25) is 0 Å². The van der Waals surface area contributed by atoms with Crippen LogP contribution in [0.5, 0.6) is 0 Å². The van der Waals surface area contributed by atoms with Gasteiger partial charge in [0.05, 0.1) is 19.3 Å². The number of nitrogens with one attached hydrogen (secondary N) is 1. The van der Waals surface area contributed by atoms with Crippen molar-refractivity contribution in [3.05, 3.63) is 0 Å². The number of hydrogen-bond acceptors (Lipinski definition) is 3. The number of thiocarbonyl (C=S) groups is 1. The molecular weight excluding hydrogens is 260 g/mol. The Morgan fingerprint density at radius 3 is 2.53 bits per heavy atom. The highest BCUT2D eigenvalue weighted by atomic mass is 32.1. The fourth-order valence-electron chi connectivity index (χ4n) is 2.55. The van der Waals surface area contributed by atoms with E-state index in [1.807, 2.05) is 0 Å². The number of nitrogens with zero attached hydrogens (tertiary/aromatic N) is 1. The zero-order valence-corrected chi connectivity index (χ0v) is 13.3. The second-order valence-electron chi connectivity index (χ2n) is 5.27. The van der Waals surface area contributed by atoms with Crippen LogP contribution in [0.15, 0.2) is 0 Å². The maximum Gasteiger partial charge on any atom is 0.169 e. The quantitative estimate of drug-likeness (QED) is 0.726. The molecule has 0 spiro atoms. The molecule has 0 aromatic heterocycles. The van der Waals surface area contributed by atoms with Crippen LogP contribution in [0, 0.1) is 0 Å². The van der Waals surface area contributed by atoms with Crippen LogP contribution < -0.4 is 5.32 Å². The zero-order valence-electron chi connectivity index (χ0n) is 12.5. The van der Waals surface area contributed by atoms with Gasteiger partial charge in [0.15, 0.2) is 5.11 Å². The number of hydrogen-bond donors (Lipinski definition) is 1. The van der Waals surface area contributed by atoms with E-state index in [1.54, 1.807) is 14.2 Å². The predicted molar refractivity (Wildman–Crippen MR) is 82.5 cm³/mol. The fraction of sp³-hybridized carbons (Fsp3) is 0.929. The van der Waals surface area contributed by atoms with Crippen molar-refractivity contribution in [3.63, 3.8) is 0 Å². The Morgan fingerprint density at radius 2 is 1.95 bits per heavy atom. The maximum absolute atomic E-state index is 5.56. The minimum absolute atomic E-state index is 0.267. The first-order valence-electron chi connectivity index (χ1n) is 7.24. The van der Waals surface area contributed by atoms with Crippen LogP contribution in [0.4, 0.5) is 0 Å². The van der Waals surface area contributed by atoms with Crippen molar-refractivity contribution in [2.75, 3.05) is 34.0 Å². The Labute approximate surface area is 122 Å². The van der Waals surface area contributed by atoms with Gasteiger partial charge in [0, 0.05) is 26.8 Å². The lowest BCUT2D eigenvalue weighted by atomic mass is 9.96. The normalized spacial score (nSPS) is 18.1. The van der Waals surface area contributed by atoms with E-state index in [9.17, 15) is 0 Å². The van der Waals surface area contributed by atoms with Gasteiger partial charge in [-0.1, -0.05) is 19.3 Å². The van der Waals surface area contributed by atoms with Crippen molar-refractivity contribution in [1.29, 1.82) is 0 Å². The van der Waals surface area contributed by atoms with Gasteiger partial charge in [-0.15, -0.1) is 0 Å². The average Bonchev–Trinajstić information content (AvgIpc) is 2.40. The summed E-state index contributed by atoms with van der Waals surface area (Å²) in [4.78, 5) is 2.18. The monoisotopic (exact) mass is 288 g/mol. The molecule has 0 saturated heterocycles. The van der Waals surface area contributed by atoms with Crippen LogP contribution >= 0.6 is 12.2 Å². The molecule has 0 aromatic rings. The van der Waals surface area contributed by atoms with E-state index in [0.717, 1.165) is 11.7 Å². The van der Waals surface area contributed by atoms with Crippen molar-refractivity contribution in [2.24, 2.45) is 0 Å². The summed E-state index contributed by atoms with van der Waals surface area (Å²) in [5, 5.41) is 4.35. The molecule has 1 atom stereocenters. The second-order valence-corrected chi connectivity index (χ2v) is 5.66.